The van der Waals surface area contributed by atoms with Crippen molar-refractivity contribution < 1.29 is 18.8 Å². The summed E-state index contributed by atoms with van der Waals surface area (Å²) in [6.45, 7) is 4.38. The molecule has 0 aliphatic heterocycles. The van der Waals surface area contributed by atoms with Crippen LogP contribution in [-0.4, -0.2) is 24.3 Å². The first-order valence-corrected chi connectivity index (χ1v) is 10.4. The molecular weight excluding hydrogens is 453 g/mol. The van der Waals surface area contributed by atoms with Gasteiger partial charge in [-0.25, -0.2) is 4.39 Å². The van der Waals surface area contributed by atoms with Gasteiger partial charge in [-0.15, -0.1) is 0 Å². The van der Waals surface area contributed by atoms with E-state index in [1.54, 1.807) is 6.07 Å². The van der Waals surface area contributed by atoms with Gasteiger partial charge in [0.25, 0.3) is 5.91 Å². The number of carbonyl (C=O) groups is 3. The fraction of sp³-hybridized carbons (Fsp3) is 0.318. The van der Waals surface area contributed by atoms with Crippen molar-refractivity contribution in [2.75, 3.05) is 11.9 Å². The number of amides is 3. The predicted octanol–water partition coefficient (Wildman–Crippen LogP) is 4.01. The van der Waals surface area contributed by atoms with Gasteiger partial charge in [-0.2, -0.15) is 0 Å². The van der Waals surface area contributed by atoms with Crippen molar-refractivity contribution in [1.29, 1.82) is 0 Å². The van der Waals surface area contributed by atoms with E-state index in [2.05, 4.69) is 31.9 Å². The van der Waals surface area contributed by atoms with Gasteiger partial charge in [0.15, 0.2) is 0 Å². The van der Waals surface area contributed by atoms with Crippen LogP contribution >= 0.6 is 15.9 Å². The Hall–Kier alpha value is -2.74. The van der Waals surface area contributed by atoms with E-state index < -0.39 is 11.7 Å². The molecule has 3 N–H and O–H groups in total. The molecule has 0 unspecified atom stereocenters. The van der Waals surface area contributed by atoms with Gasteiger partial charge in [0, 0.05) is 36.1 Å². The normalized spacial score (nSPS) is 10.6. The first kappa shape index (κ1) is 23.5. The Balaban J connectivity index is 1.77. The van der Waals surface area contributed by atoms with Crippen LogP contribution in [-0.2, 0) is 16.1 Å². The zero-order chi connectivity index (χ0) is 22.1. The van der Waals surface area contributed by atoms with Crippen molar-refractivity contribution in [2.24, 2.45) is 5.92 Å². The predicted molar refractivity (Wildman–Crippen MR) is 117 cm³/mol. The summed E-state index contributed by atoms with van der Waals surface area (Å²) in [5.41, 5.74) is 1.70. The number of halogens is 2. The third-order valence-corrected chi connectivity index (χ3v) is 4.80. The van der Waals surface area contributed by atoms with Gasteiger partial charge in [0.1, 0.15) is 5.82 Å². The summed E-state index contributed by atoms with van der Waals surface area (Å²) >= 11 is 3.20. The molecule has 0 bridgehead atoms. The van der Waals surface area contributed by atoms with Gasteiger partial charge in [-0.1, -0.05) is 26.0 Å². The molecule has 8 heteroatoms. The standard InChI is InChI=1S/C22H25BrFN3O3/c1-14(2)10-21(29)27-17-5-3-4-15(11-17)13-26-20(28)8-9-25-22(30)18-12-16(24)6-7-19(18)23/h3-7,11-12,14H,8-10,13H2,1-2H3,(H,25,30)(H,26,28)(H,27,29). The minimum absolute atomic E-state index is 0.0492. The molecule has 0 aliphatic rings. The van der Waals surface area contributed by atoms with Crippen LogP contribution in [0.4, 0.5) is 10.1 Å². The quantitative estimate of drug-likeness (QED) is 0.509. The highest BCUT2D eigenvalue weighted by molar-refractivity contribution is 9.10. The van der Waals surface area contributed by atoms with Gasteiger partial charge in [0.05, 0.1) is 5.56 Å². The number of anilines is 1. The van der Waals surface area contributed by atoms with E-state index in [-0.39, 0.29) is 36.3 Å². The second-order valence-electron chi connectivity index (χ2n) is 7.25. The molecule has 2 aromatic rings. The number of hydrogen-bond donors (Lipinski definition) is 3. The maximum Gasteiger partial charge on any atom is 0.252 e. The van der Waals surface area contributed by atoms with E-state index in [0.717, 1.165) is 11.6 Å². The molecule has 6 nitrogen and oxygen atoms in total. The Morgan fingerprint density at radius 1 is 1.03 bits per heavy atom. The molecule has 3 amide bonds. The first-order chi connectivity index (χ1) is 14.2. The first-order valence-electron chi connectivity index (χ1n) is 9.63. The maximum atomic E-state index is 13.3. The lowest BCUT2D eigenvalue weighted by molar-refractivity contribution is -0.121. The zero-order valence-corrected chi connectivity index (χ0v) is 18.5. The highest BCUT2D eigenvalue weighted by atomic mass is 79.9. The van der Waals surface area contributed by atoms with Crippen molar-refractivity contribution in [3.05, 3.63) is 63.9 Å². The lowest BCUT2D eigenvalue weighted by Gasteiger charge is -2.10. The van der Waals surface area contributed by atoms with Crippen LogP contribution in [0.5, 0.6) is 0 Å². The van der Waals surface area contributed by atoms with E-state index in [1.807, 2.05) is 32.0 Å². The smallest absolute Gasteiger partial charge is 0.252 e. The average molecular weight is 478 g/mol. The van der Waals surface area contributed by atoms with Crippen LogP contribution in [0.25, 0.3) is 0 Å². The molecule has 2 rings (SSSR count). The van der Waals surface area contributed by atoms with Gasteiger partial charge < -0.3 is 16.0 Å². The van der Waals surface area contributed by atoms with Crippen LogP contribution in [0.2, 0.25) is 0 Å². The summed E-state index contributed by atoms with van der Waals surface area (Å²) in [4.78, 5) is 36.0. The molecule has 0 saturated carbocycles. The Kier molecular flexibility index (Phi) is 8.98. The average Bonchev–Trinajstić information content (AvgIpc) is 2.67. The third kappa shape index (κ3) is 7.94. The maximum absolute atomic E-state index is 13.3. The fourth-order valence-corrected chi connectivity index (χ4v) is 3.11. The molecule has 160 valence electrons. The molecule has 0 saturated heterocycles. The zero-order valence-electron chi connectivity index (χ0n) is 16.9. The van der Waals surface area contributed by atoms with Gasteiger partial charge >= 0.3 is 0 Å². The van der Waals surface area contributed by atoms with Crippen LogP contribution in [0.15, 0.2) is 46.9 Å². The lowest BCUT2D eigenvalue weighted by atomic mass is 10.1. The van der Waals surface area contributed by atoms with Crippen molar-refractivity contribution in [3.63, 3.8) is 0 Å². The summed E-state index contributed by atoms with van der Waals surface area (Å²) in [6, 6.07) is 11.1. The van der Waals surface area contributed by atoms with Gasteiger partial charge in [-0.3, -0.25) is 14.4 Å². The van der Waals surface area contributed by atoms with Crippen molar-refractivity contribution in [2.45, 2.75) is 33.2 Å². The lowest BCUT2D eigenvalue weighted by Crippen LogP contribution is -2.30. The molecule has 0 fully saturated rings. The highest BCUT2D eigenvalue weighted by Crippen LogP contribution is 2.17. The second kappa shape index (κ2) is 11.4. The number of hydrogen-bond acceptors (Lipinski definition) is 3. The van der Waals surface area contributed by atoms with E-state index in [1.165, 1.54) is 12.1 Å². The third-order valence-electron chi connectivity index (χ3n) is 4.10. The van der Waals surface area contributed by atoms with E-state index in [4.69, 9.17) is 0 Å². The highest BCUT2D eigenvalue weighted by Gasteiger charge is 2.12. The van der Waals surface area contributed by atoms with Crippen molar-refractivity contribution in [1.82, 2.24) is 10.6 Å². The summed E-state index contributed by atoms with van der Waals surface area (Å²) < 4.78 is 13.8. The minimum Gasteiger partial charge on any atom is -0.352 e. The van der Waals surface area contributed by atoms with E-state index in [9.17, 15) is 18.8 Å². The monoisotopic (exact) mass is 477 g/mol. The van der Waals surface area contributed by atoms with E-state index >= 15 is 0 Å². The molecule has 0 aromatic heterocycles. The molecule has 0 spiro atoms. The largest absolute Gasteiger partial charge is 0.352 e. The van der Waals surface area contributed by atoms with Crippen LogP contribution < -0.4 is 16.0 Å². The summed E-state index contributed by atoms with van der Waals surface area (Å²) in [5, 5.41) is 8.21. The molecule has 2 aromatic carbocycles. The topological polar surface area (TPSA) is 87.3 Å². The molecule has 30 heavy (non-hydrogen) atoms. The Morgan fingerprint density at radius 2 is 1.80 bits per heavy atom. The number of nitrogens with one attached hydrogen (secondary N) is 3. The Bertz CT molecular complexity index is 918. The fourth-order valence-electron chi connectivity index (χ4n) is 2.69. The Labute approximate surface area is 183 Å². The molecule has 0 atom stereocenters. The molecular formula is C22H25BrFN3O3. The summed E-state index contributed by atoms with van der Waals surface area (Å²) in [7, 11) is 0. The van der Waals surface area contributed by atoms with Crippen LogP contribution in [0, 0.1) is 11.7 Å². The molecule has 0 aliphatic carbocycles. The minimum atomic E-state index is -0.510. The molecule has 0 radical (unpaired) electrons. The van der Waals surface area contributed by atoms with Crippen molar-refractivity contribution in [3.8, 4) is 0 Å². The summed E-state index contributed by atoms with van der Waals surface area (Å²) in [5.74, 6) is -0.979. The van der Waals surface area contributed by atoms with Gasteiger partial charge in [0.2, 0.25) is 11.8 Å². The van der Waals surface area contributed by atoms with Gasteiger partial charge in [-0.05, 0) is 57.7 Å². The molecule has 0 heterocycles. The number of carbonyl (C=O) groups excluding carboxylic acids is 3. The van der Waals surface area contributed by atoms with Crippen LogP contribution in [0.1, 0.15) is 42.6 Å². The second-order valence-corrected chi connectivity index (χ2v) is 8.11. The Morgan fingerprint density at radius 3 is 2.53 bits per heavy atom. The number of benzene rings is 2. The van der Waals surface area contributed by atoms with Crippen LogP contribution in [0.3, 0.4) is 0 Å². The SMILES string of the molecule is CC(C)CC(=O)Nc1cccc(CNC(=O)CCNC(=O)c2cc(F)ccc2Br)c1. The van der Waals surface area contributed by atoms with Crippen molar-refractivity contribution >= 4 is 39.3 Å². The van der Waals surface area contributed by atoms with E-state index in [0.29, 0.717) is 23.1 Å². The summed E-state index contributed by atoms with van der Waals surface area (Å²) in [6.07, 6.45) is 0.530. The number of rotatable bonds is 9.